The van der Waals surface area contributed by atoms with Gasteiger partial charge in [-0.05, 0) is 51.7 Å². The Morgan fingerprint density at radius 2 is 2.05 bits per heavy atom. The number of hydrogen-bond acceptors (Lipinski definition) is 3. The lowest BCUT2D eigenvalue weighted by molar-refractivity contribution is -0.137. The van der Waals surface area contributed by atoms with Crippen LogP contribution >= 0.6 is 24.8 Å². The molecule has 2 aliphatic heterocycles. The fourth-order valence-corrected chi connectivity index (χ4v) is 3.72. The van der Waals surface area contributed by atoms with Gasteiger partial charge in [-0.3, -0.25) is 9.69 Å². The van der Waals surface area contributed by atoms with Gasteiger partial charge in [0.25, 0.3) is 0 Å². The topological polar surface area (TPSA) is 35.6 Å². The summed E-state index contributed by atoms with van der Waals surface area (Å²) in [6, 6.07) is 0.564. The molecule has 2 unspecified atom stereocenters. The van der Waals surface area contributed by atoms with Gasteiger partial charge in [0.05, 0.1) is 5.54 Å². The number of halogens is 2. The number of likely N-dealkylation sites (N-methyl/N-ethyl adjacent to an activating group) is 2. The highest BCUT2D eigenvalue weighted by Gasteiger charge is 2.41. The number of rotatable bonds is 5. The Morgan fingerprint density at radius 1 is 1.33 bits per heavy atom. The summed E-state index contributed by atoms with van der Waals surface area (Å²) < 4.78 is 0. The van der Waals surface area contributed by atoms with Crippen molar-refractivity contribution in [2.45, 2.75) is 57.5 Å². The maximum absolute atomic E-state index is 12.7. The van der Waals surface area contributed by atoms with Crippen LogP contribution in [0.5, 0.6) is 0 Å². The van der Waals surface area contributed by atoms with E-state index in [1.54, 1.807) is 0 Å². The summed E-state index contributed by atoms with van der Waals surface area (Å²) in [5, 5.41) is 3.45. The minimum Gasteiger partial charge on any atom is -0.343 e. The van der Waals surface area contributed by atoms with Gasteiger partial charge in [-0.1, -0.05) is 13.8 Å². The van der Waals surface area contributed by atoms with Gasteiger partial charge in [-0.25, -0.2) is 0 Å². The van der Waals surface area contributed by atoms with Crippen LogP contribution < -0.4 is 5.32 Å². The van der Waals surface area contributed by atoms with Crippen molar-refractivity contribution in [1.29, 1.82) is 0 Å². The average Bonchev–Trinajstić information content (AvgIpc) is 3.06. The zero-order chi connectivity index (χ0) is 13.9. The lowest BCUT2D eigenvalue weighted by Gasteiger charge is -2.34. The summed E-state index contributed by atoms with van der Waals surface area (Å²) in [6.07, 6.45) is 5.53. The second kappa shape index (κ2) is 9.19. The van der Waals surface area contributed by atoms with E-state index in [9.17, 15) is 4.79 Å². The number of likely N-dealkylation sites (tertiary alicyclic amines) is 1. The van der Waals surface area contributed by atoms with E-state index >= 15 is 0 Å². The van der Waals surface area contributed by atoms with Gasteiger partial charge in [-0.15, -0.1) is 24.8 Å². The second-order valence-electron chi connectivity index (χ2n) is 6.08. The molecule has 0 saturated carbocycles. The molecular formula is C15H31Cl2N3O. The van der Waals surface area contributed by atoms with Crippen molar-refractivity contribution >= 4 is 30.7 Å². The molecule has 0 bridgehead atoms. The molecule has 2 aliphatic rings. The first kappa shape index (κ1) is 21.0. The zero-order valence-corrected chi connectivity index (χ0v) is 15.2. The van der Waals surface area contributed by atoms with Crippen LogP contribution in [0.25, 0.3) is 0 Å². The molecule has 0 aromatic rings. The minimum absolute atomic E-state index is 0. The Hall–Kier alpha value is -0.0300. The number of nitrogens with zero attached hydrogens (tertiary/aromatic N) is 2. The van der Waals surface area contributed by atoms with Crippen LogP contribution in [-0.2, 0) is 4.79 Å². The predicted octanol–water partition coefficient (Wildman–Crippen LogP) is 2.30. The van der Waals surface area contributed by atoms with Crippen molar-refractivity contribution < 1.29 is 4.79 Å². The second-order valence-corrected chi connectivity index (χ2v) is 6.08. The Kier molecular flexibility index (Phi) is 9.17. The van der Waals surface area contributed by atoms with Gasteiger partial charge in [0, 0.05) is 19.6 Å². The van der Waals surface area contributed by atoms with Gasteiger partial charge in [0.2, 0.25) is 5.91 Å². The van der Waals surface area contributed by atoms with E-state index in [2.05, 4.69) is 24.1 Å². The van der Waals surface area contributed by atoms with Crippen molar-refractivity contribution in [3.8, 4) is 0 Å². The fraction of sp³-hybridized carbons (Fsp3) is 0.933. The highest BCUT2D eigenvalue weighted by Crippen LogP contribution is 2.26. The lowest BCUT2D eigenvalue weighted by atomic mass is 9.92. The molecule has 2 heterocycles. The first-order chi connectivity index (χ1) is 9.13. The Bertz CT molecular complexity index is 322. The lowest BCUT2D eigenvalue weighted by Crippen LogP contribution is -2.55. The highest BCUT2D eigenvalue weighted by molar-refractivity contribution is 5.86. The molecule has 2 atom stereocenters. The van der Waals surface area contributed by atoms with E-state index < -0.39 is 0 Å². The molecule has 0 aliphatic carbocycles. The summed E-state index contributed by atoms with van der Waals surface area (Å²) in [5.74, 6) is 0.301. The number of nitrogens with one attached hydrogen (secondary N) is 1. The van der Waals surface area contributed by atoms with E-state index in [1.807, 2.05) is 11.9 Å². The number of amides is 1. The van der Waals surface area contributed by atoms with Gasteiger partial charge in [-0.2, -0.15) is 0 Å². The SMILES string of the molecule is CCN1CCCC1CN(C)C(=O)C1(CC)CCCN1.Cl.Cl. The van der Waals surface area contributed by atoms with Crippen molar-refractivity contribution in [1.82, 2.24) is 15.1 Å². The third-order valence-electron chi connectivity index (χ3n) is 4.99. The van der Waals surface area contributed by atoms with Gasteiger partial charge in [0.15, 0.2) is 0 Å². The smallest absolute Gasteiger partial charge is 0.242 e. The monoisotopic (exact) mass is 339 g/mol. The van der Waals surface area contributed by atoms with Crippen molar-refractivity contribution in [2.75, 3.05) is 33.2 Å². The molecule has 0 spiro atoms. The molecule has 21 heavy (non-hydrogen) atoms. The van der Waals surface area contributed by atoms with Crippen LogP contribution in [0.4, 0.5) is 0 Å². The number of carbonyl (C=O) groups is 1. The molecule has 1 amide bonds. The molecule has 2 fully saturated rings. The maximum atomic E-state index is 12.7. The molecule has 1 N–H and O–H groups in total. The van der Waals surface area contributed by atoms with Crippen LogP contribution in [0.2, 0.25) is 0 Å². The summed E-state index contributed by atoms with van der Waals surface area (Å²) >= 11 is 0. The quantitative estimate of drug-likeness (QED) is 0.834. The van der Waals surface area contributed by atoms with E-state index in [0.29, 0.717) is 11.9 Å². The molecule has 2 rings (SSSR count). The van der Waals surface area contributed by atoms with Crippen LogP contribution in [0.1, 0.15) is 46.0 Å². The fourth-order valence-electron chi connectivity index (χ4n) is 3.72. The normalized spacial score (nSPS) is 28.8. The number of hydrogen-bond donors (Lipinski definition) is 1. The summed E-state index contributed by atoms with van der Waals surface area (Å²) in [7, 11) is 1.98. The first-order valence-corrected chi connectivity index (χ1v) is 7.87. The summed E-state index contributed by atoms with van der Waals surface area (Å²) in [6.45, 7) is 8.50. The van der Waals surface area contributed by atoms with Crippen LogP contribution in [0.3, 0.4) is 0 Å². The first-order valence-electron chi connectivity index (χ1n) is 7.87. The van der Waals surface area contributed by atoms with Crippen LogP contribution in [-0.4, -0.2) is 60.5 Å². The van der Waals surface area contributed by atoms with Crippen LogP contribution in [0.15, 0.2) is 0 Å². The number of carbonyl (C=O) groups excluding carboxylic acids is 1. The molecule has 126 valence electrons. The van der Waals surface area contributed by atoms with E-state index in [1.165, 1.54) is 19.4 Å². The third kappa shape index (κ3) is 4.47. The Labute approximate surface area is 141 Å². The molecule has 6 heteroatoms. The molecule has 2 saturated heterocycles. The predicted molar refractivity (Wildman–Crippen MR) is 92.7 cm³/mol. The standard InChI is InChI=1S/C15H29N3O.2ClH/c1-4-15(9-7-10-16-15)14(19)17(3)12-13-8-6-11-18(13)5-2;;/h13,16H,4-12H2,1-3H3;2*1H. The van der Waals surface area contributed by atoms with Crippen molar-refractivity contribution in [2.24, 2.45) is 0 Å². The summed E-state index contributed by atoms with van der Waals surface area (Å²) in [5.41, 5.74) is -0.273. The van der Waals surface area contributed by atoms with E-state index in [0.717, 1.165) is 38.9 Å². The van der Waals surface area contributed by atoms with Crippen molar-refractivity contribution in [3.63, 3.8) is 0 Å². The summed E-state index contributed by atoms with van der Waals surface area (Å²) in [4.78, 5) is 17.2. The Balaban J connectivity index is 0.00000200. The van der Waals surface area contributed by atoms with Gasteiger partial charge >= 0.3 is 0 Å². The molecule has 0 aromatic heterocycles. The maximum Gasteiger partial charge on any atom is 0.242 e. The molecule has 4 nitrogen and oxygen atoms in total. The van der Waals surface area contributed by atoms with Crippen molar-refractivity contribution in [3.05, 3.63) is 0 Å². The Morgan fingerprint density at radius 3 is 2.57 bits per heavy atom. The van der Waals surface area contributed by atoms with Gasteiger partial charge in [0.1, 0.15) is 0 Å². The van der Waals surface area contributed by atoms with Crippen LogP contribution in [0, 0.1) is 0 Å². The largest absolute Gasteiger partial charge is 0.343 e. The average molecular weight is 340 g/mol. The van der Waals surface area contributed by atoms with E-state index in [-0.39, 0.29) is 30.4 Å². The third-order valence-corrected chi connectivity index (χ3v) is 4.99. The minimum atomic E-state index is -0.273. The van der Waals surface area contributed by atoms with Gasteiger partial charge < -0.3 is 10.2 Å². The molecule has 0 radical (unpaired) electrons. The van der Waals surface area contributed by atoms with E-state index in [4.69, 9.17) is 0 Å². The molecule has 0 aromatic carbocycles. The zero-order valence-electron chi connectivity index (χ0n) is 13.6. The molecular weight excluding hydrogens is 309 g/mol. The highest BCUT2D eigenvalue weighted by atomic mass is 35.5.